The molecule has 0 aliphatic carbocycles. The Hall–Kier alpha value is -0.230. The second-order valence-electron chi connectivity index (χ2n) is 0.956. The maximum Gasteiger partial charge on any atom is 0.476 e. The third-order valence-corrected chi connectivity index (χ3v) is 0.289. The molecule has 6 heteroatoms. The van der Waals surface area contributed by atoms with Crippen molar-refractivity contribution in [2.24, 2.45) is 0 Å². The van der Waals surface area contributed by atoms with Crippen LogP contribution in [0.15, 0.2) is 0 Å². The van der Waals surface area contributed by atoms with Gasteiger partial charge in [0.05, 0.1) is 0 Å². The maximum absolute atomic E-state index is 9.99. The van der Waals surface area contributed by atoms with E-state index in [9.17, 15) is 7.77 Å². The van der Waals surface area contributed by atoms with Gasteiger partial charge in [-0.25, -0.2) is 0 Å². The number of rotatable bonds is 1. The summed E-state index contributed by atoms with van der Waals surface area (Å²) in [6.07, 6.45) is 0. The Labute approximate surface area is 53.1 Å². The van der Waals surface area contributed by atoms with Crippen LogP contribution in [0.2, 0.25) is 0 Å². The minimum absolute atomic E-state index is 0.819. The minimum Gasteiger partial charge on any atom is -0.385 e. The third kappa shape index (κ3) is 436. The third-order valence-electron chi connectivity index (χ3n) is 0.289. The topological polar surface area (TPSA) is 43.4 Å². The van der Waals surface area contributed by atoms with Gasteiger partial charge in [-0.15, -0.1) is 0 Å². The lowest BCUT2D eigenvalue weighted by atomic mass is 10.9. The Balaban J connectivity index is 0. The summed E-state index contributed by atoms with van der Waals surface area (Å²) in [7, 11) is -3.99. The van der Waals surface area contributed by atoms with Crippen molar-refractivity contribution >= 4 is 10.6 Å². The zero-order valence-electron chi connectivity index (χ0n) is 5.10. The van der Waals surface area contributed by atoms with Gasteiger partial charge in [-0.1, -0.05) is 7.77 Å². The first-order valence-corrected chi connectivity index (χ1v) is 3.33. The molecule has 0 aliphatic rings. The van der Waals surface area contributed by atoms with E-state index in [1.54, 1.807) is 7.11 Å². The number of halogens is 2. The molecule has 58 valence electrons. The predicted octanol–water partition coefficient (Wildman–Crippen LogP) is 0.823. The SMILES string of the molecule is CCOC.O=S(=O)(F)F. The van der Waals surface area contributed by atoms with Crippen molar-refractivity contribution in [2.45, 2.75) is 6.92 Å². The van der Waals surface area contributed by atoms with Crippen LogP contribution in [0, 0.1) is 0 Å². The molecule has 0 bridgehead atoms. The Kier molecular flexibility index (Phi) is 7.57. The molecule has 0 heterocycles. The Morgan fingerprint density at radius 2 is 1.56 bits per heavy atom. The molecule has 0 aromatic rings. The van der Waals surface area contributed by atoms with E-state index in [1.165, 1.54) is 0 Å². The molecule has 0 aromatic heterocycles. The van der Waals surface area contributed by atoms with Crippen molar-refractivity contribution in [2.75, 3.05) is 13.7 Å². The molecule has 0 N–H and O–H groups in total. The minimum atomic E-state index is -5.67. The van der Waals surface area contributed by atoms with E-state index in [-0.39, 0.29) is 0 Å². The summed E-state index contributed by atoms with van der Waals surface area (Å²) in [5.74, 6) is 0. The van der Waals surface area contributed by atoms with Crippen LogP contribution in [0.1, 0.15) is 6.92 Å². The molecule has 0 saturated heterocycles. The molecule has 0 amide bonds. The average Bonchev–Trinajstić information content (AvgIpc) is 1.61. The monoisotopic (exact) mass is 162 g/mol. The first-order valence-electron chi connectivity index (χ1n) is 2.05. The lowest BCUT2D eigenvalue weighted by Crippen LogP contribution is -1.73. The van der Waals surface area contributed by atoms with Gasteiger partial charge in [-0.3, -0.25) is 0 Å². The summed E-state index contributed by atoms with van der Waals surface area (Å²) in [6.45, 7) is 2.78. The second kappa shape index (κ2) is 5.90. The van der Waals surface area contributed by atoms with E-state index in [4.69, 9.17) is 8.42 Å². The molecule has 0 saturated carbocycles. The van der Waals surface area contributed by atoms with Gasteiger partial charge in [0.1, 0.15) is 0 Å². The molecule has 0 unspecified atom stereocenters. The normalized spacial score (nSPS) is 9.78. The first-order chi connectivity index (χ1) is 3.91. The van der Waals surface area contributed by atoms with Crippen molar-refractivity contribution in [3.8, 4) is 0 Å². The molecule has 0 spiro atoms. The zero-order chi connectivity index (χ0) is 7.91. The summed E-state index contributed by atoms with van der Waals surface area (Å²) in [5, 5.41) is 0. The fourth-order valence-corrected chi connectivity index (χ4v) is 0. The molecule has 0 aromatic carbocycles. The summed E-state index contributed by atoms with van der Waals surface area (Å²) in [6, 6.07) is 0. The van der Waals surface area contributed by atoms with Gasteiger partial charge in [0, 0.05) is 13.7 Å². The van der Waals surface area contributed by atoms with Crippen molar-refractivity contribution in [1.82, 2.24) is 0 Å². The van der Waals surface area contributed by atoms with Crippen molar-refractivity contribution < 1.29 is 20.9 Å². The highest BCUT2D eigenvalue weighted by molar-refractivity contribution is 7.81. The van der Waals surface area contributed by atoms with Gasteiger partial charge in [0.15, 0.2) is 0 Å². The number of ether oxygens (including phenoxy) is 1. The molecule has 3 nitrogen and oxygen atoms in total. The smallest absolute Gasteiger partial charge is 0.385 e. The van der Waals surface area contributed by atoms with Crippen LogP contribution in [-0.4, -0.2) is 22.1 Å². The fourth-order valence-electron chi connectivity index (χ4n) is 0. The highest BCUT2D eigenvalue weighted by Gasteiger charge is 1.94. The number of methoxy groups -OCH3 is 1. The maximum atomic E-state index is 9.99. The number of hydrogen-bond donors (Lipinski definition) is 0. The quantitative estimate of drug-likeness (QED) is 0.536. The zero-order valence-corrected chi connectivity index (χ0v) is 5.91. The van der Waals surface area contributed by atoms with Gasteiger partial charge >= 0.3 is 10.6 Å². The van der Waals surface area contributed by atoms with Crippen LogP contribution in [0.25, 0.3) is 0 Å². The molecule has 0 rings (SSSR count). The van der Waals surface area contributed by atoms with E-state index in [0.717, 1.165) is 6.61 Å². The molecular weight excluding hydrogens is 154 g/mol. The van der Waals surface area contributed by atoms with Crippen molar-refractivity contribution in [3.63, 3.8) is 0 Å². The van der Waals surface area contributed by atoms with Crippen LogP contribution in [0.5, 0.6) is 0 Å². The number of hydrogen-bond acceptors (Lipinski definition) is 3. The second-order valence-corrected chi connectivity index (χ2v) is 1.71. The van der Waals surface area contributed by atoms with Crippen LogP contribution in [-0.2, 0) is 15.3 Å². The van der Waals surface area contributed by atoms with Crippen LogP contribution < -0.4 is 0 Å². The molecule has 0 aliphatic heterocycles. The lowest BCUT2D eigenvalue weighted by molar-refractivity contribution is 0.215. The molecule has 0 atom stereocenters. The van der Waals surface area contributed by atoms with Gasteiger partial charge in [0.2, 0.25) is 0 Å². The van der Waals surface area contributed by atoms with E-state index in [1.807, 2.05) is 6.92 Å². The highest BCUT2D eigenvalue weighted by Crippen LogP contribution is 1.85. The van der Waals surface area contributed by atoms with E-state index in [2.05, 4.69) is 4.74 Å². The first kappa shape index (κ1) is 11.6. The Morgan fingerprint density at radius 1 is 1.44 bits per heavy atom. The molecule has 0 fully saturated rings. The van der Waals surface area contributed by atoms with Crippen LogP contribution >= 0.6 is 0 Å². The Morgan fingerprint density at radius 3 is 1.56 bits per heavy atom. The van der Waals surface area contributed by atoms with Gasteiger partial charge < -0.3 is 4.74 Å². The van der Waals surface area contributed by atoms with Gasteiger partial charge in [-0.05, 0) is 6.92 Å². The van der Waals surface area contributed by atoms with Crippen LogP contribution in [0.3, 0.4) is 0 Å². The standard InChI is InChI=1S/C3H8O.F2O2S/c1-3-4-2;1-5(2,3)4/h3H2,1-2H3;. The molecular formula is C3H8F2O3S. The van der Waals surface area contributed by atoms with E-state index >= 15 is 0 Å². The largest absolute Gasteiger partial charge is 0.476 e. The Bertz CT molecular complexity index is 120. The average molecular weight is 162 g/mol. The predicted molar refractivity (Wildman–Crippen MR) is 28.7 cm³/mol. The van der Waals surface area contributed by atoms with E-state index < -0.39 is 10.6 Å². The highest BCUT2D eigenvalue weighted by atomic mass is 32.3. The van der Waals surface area contributed by atoms with Crippen LogP contribution in [0.4, 0.5) is 7.77 Å². The van der Waals surface area contributed by atoms with Crippen molar-refractivity contribution in [3.05, 3.63) is 0 Å². The fraction of sp³-hybridized carbons (Fsp3) is 1.00. The van der Waals surface area contributed by atoms with Gasteiger partial charge in [0.25, 0.3) is 0 Å². The lowest BCUT2D eigenvalue weighted by Gasteiger charge is -1.76. The molecule has 9 heavy (non-hydrogen) atoms. The van der Waals surface area contributed by atoms with Gasteiger partial charge in [-0.2, -0.15) is 8.42 Å². The summed E-state index contributed by atoms with van der Waals surface area (Å²) < 4.78 is 41.1. The summed E-state index contributed by atoms with van der Waals surface area (Å²) in [5.41, 5.74) is 0. The molecule has 0 radical (unpaired) electrons. The van der Waals surface area contributed by atoms with E-state index in [0.29, 0.717) is 0 Å². The summed E-state index contributed by atoms with van der Waals surface area (Å²) >= 11 is 0. The summed E-state index contributed by atoms with van der Waals surface area (Å²) in [4.78, 5) is 0. The van der Waals surface area contributed by atoms with Crippen molar-refractivity contribution in [1.29, 1.82) is 0 Å².